The Morgan fingerprint density at radius 1 is 1.33 bits per heavy atom. The van der Waals surface area contributed by atoms with Crippen LogP contribution in [0.15, 0.2) is 12.1 Å². The first kappa shape index (κ1) is 17.1. The Hall–Kier alpha value is -1.95. The molecule has 1 aromatic carbocycles. The third-order valence-electron chi connectivity index (χ3n) is 3.13. The number of ether oxygens (including phenoxy) is 2. The lowest BCUT2D eigenvalue weighted by molar-refractivity contribution is 0.0908. The van der Waals surface area contributed by atoms with Crippen LogP contribution in [0.25, 0.3) is 0 Å². The molecule has 0 bridgehead atoms. The summed E-state index contributed by atoms with van der Waals surface area (Å²) < 4.78 is 10.3. The minimum absolute atomic E-state index is 0.120. The fraction of sp³-hybridized carbons (Fsp3) is 0.533. The maximum atomic E-state index is 12.3. The van der Waals surface area contributed by atoms with Crippen LogP contribution in [0.4, 0.5) is 5.69 Å². The Labute approximate surface area is 125 Å². The number of rotatable bonds is 7. The number of carbonyl (C=O) groups is 1. The number of aliphatic hydroxyl groups excluding tert-OH is 1. The molecule has 0 aliphatic heterocycles. The maximum Gasteiger partial charge on any atom is 0.253 e. The third-order valence-corrected chi connectivity index (χ3v) is 3.13. The minimum Gasteiger partial charge on any atom is -0.497 e. The molecule has 0 aliphatic carbocycles. The number of aliphatic hydroxyl groups is 1. The molecule has 0 fully saturated rings. The van der Waals surface area contributed by atoms with Gasteiger partial charge in [-0.25, -0.2) is 0 Å². The van der Waals surface area contributed by atoms with E-state index in [0.29, 0.717) is 23.8 Å². The molecule has 4 N–H and O–H groups in total. The molecule has 1 rings (SSSR count). The summed E-state index contributed by atoms with van der Waals surface area (Å²) in [5.41, 5.74) is 6.45. The van der Waals surface area contributed by atoms with Crippen LogP contribution in [0.2, 0.25) is 0 Å². The molecular formula is C15H24N2O4. The number of carbonyl (C=O) groups excluding carboxylic acids is 1. The second kappa shape index (κ2) is 7.73. The number of amides is 1. The number of nitrogens with one attached hydrogen (secondary N) is 1. The van der Waals surface area contributed by atoms with Crippen molar-refractivity contribution in [3.8, 4) is 11.5 Å². The zero-order chi connectivity index (χ0) is 16.0. The van der Waals surface area contributed by atoms with Crippen molar-refractivity contribution in [3.05, 3.63) is 17.7 Å². The Kier molecular flexibility index (Phi) is 6.30. The number of methoxy groups -OCH3 is 2. The molecular weight excluding hydrogens is 272 g/mol. The van der Waals surface area contributed by atoms with E-state index in [1.54, 1.807) is 12.1 Å². The summed E-state index contributed by atoms with van der Waals surface area (Å²) in [6.45, 7) is 3.93. The van der Waals surface area contributed by atoms with E-state index < -0.39 is 0 Å². The van der Waals surface area contributed by atoms with Crippen molar-refractivity contribution in [2.75, 3.05) is 26.6 Å². The van der Waals surface area contributed by atoms with E-state index in [2.05, 4.69) is 5.32 Å². The predicted octanol–water partition coefficient (Wildman–Crippen LogP) is 1.42. The van der Waals surface area contributed by atoms with Crippen LogP contribution in [0, 0.1) is 5.92 Å². The van der Waals surface area contributed by atoms with Crippen molar-refractivity contribution in [1.29, 1.82) is 0 Å². The molecule has 1 aromatic rings. The molecule has 1 amide bonds. The van der Waals surface area contributed by atoms with Gasteiger partial charge >= 0.3 is 0 Å². The lowest BCUT2D eigenvalue weighted by atomic mass is 10.0. The number of nitrogens with two attached hydrogens (primary N) is 1. The fourth-order valence-corrected chi connectivity index (χ4v) is 2.09. The molecule has 21 heavy (non-hydrogen) atoms. The first-order chi connectivity index (χ1) is 9.92. The van der Waals surface area contributed by atoms with E-state index >= 15 is 0 Å². The Balaban J connectivity index is 3.00. The van der Waals surface area contributed by atoms with Crippen molar-refractivity contribution in [1.82, 2.24) is 5.32 Å². The van der Waals surface area contributed by atoms with Crippen LogP contribution in [0.5, 0.6) is 11.5 Å². The van der Waals surface area contributed by atoms with Crippen LogP contribution in [0.3, 0.4) is 0 Å². The van der Waals surface area contributed by atoms with Crippen LogP contribution >= 0.6 is 0 Å². The van der Waals surface area contributed by atoms with E-state index in [9.17, 15) is 9.90 Å². The number of anilines is 1. The zero-order valence-corrected chi connectivity index (χ0v) is 13.0. The molecule has 0 radical (unpaired) electrons. The number of hydrogen-bond acceptors (Lipinski definition) is 5. The van der Waals surface area contributed by atoms with E-state index in [-0.39, 0.29) is 29.8 Å². The SMILES string of the molecule is COc1cc(OC)c(N)c(C(=O)NC(CO)CC(C)C)c1. The van der Waals surface area contributed by atoms with Gasteiger partial charge in [0.1, 0.15) is 11.5 Å². The van der Waals surface area contributed by atoms with E-state index in [4.69, 9.17) is 15.2 Å². The second-order valence-corrected chi connectivity index (χ2v) is 5.27. The molecule has 0 saturated carbocycles. The van der Waals surface area contributed by atoms with Crippen LogP contribution in [0.1, 0.15) is 30.6 Å². The van der Waals surface area contributed by atoms with E-state index in [0.717, 1.165) is 0 Å². The van der Waals surface area contributed by atoms with Crippen molar-refractivity contribution in [2.24, 2.45) is 5.92 Å². The van der Waals surface area contributed by atoms with Gasteiger partial charge in [-0.15, -0.1) is 0 Å². The molecule has 0 aromatic heterocycles. The first-order valence-corrected chi connectivity index (χ1v) is 6.86. The van der Waals surface area contributed by atoms with Crippen molar-refractivity contribution >= 4 is 11.6 Å². The summed E-state index contributed by atoms with van der Waals surface area (Å²) in [6, 6.07) is 2.86. The summed E-state index contributed by atoms with van der Waals surface area (Å²) in [4.78, 5) is 12.3. The fourth-order valence-electron chi connectivity index (χ4n) is 2.09. The molecule has 0 aliphatic rings. The van der Waals surface area contributed by atoms with Crippen molar-refractivity contribution in [3.63, 3.8) is 0 Å². The van der Waals surface area contributed by atoms with Crippen LogP contribution in [-0.2, 0) is 0 Å². The summed E-state index contributed by atoms with van der Waals surface area (Å²) in [7, 11) is 2.98. The second-order valence-electron chi connectivity index (χ2n) is 5.27. The topological polar surface area (TPSA) is 93.8 Å². The molecule has 6 nitrogen and oxygen atoms in total. The average Bonchev–Trinajstić information content (AvgIpc) is 2.46. The quantitative estimate of drug-likeness (QED) is 0.662. The molecule has 118 valence electrons. The lowest BCUT2D eigenvalue weighted by Crippen LogP contribution is -2.38. The van der Waals surface area contributed by atoms with Gasteiger partial charge in [0.05, 0.1) is 38.1 Å². The maximum absolute atomic E-state index is 12.3. The highest BCUT2D eigenvalue weighted by Gasteiger charge is 2.19. The molecule has 1 atom stereocenters. The van der Waals surface area contributed by atoms with Gasteiger partial charge in [0, 0.05) is 6.07 Å². The summed E-state index contributed by atoms with van der Waals surface area (Å²) >= 11 is 0. The lowest BCUT2D eigenvalue weighted by Gasteiger charge is -2.19. The average molecular weight is 296 g/mol. The number of nitrogen functional groups attached to an aromatic ring is 1. The van der Waals surface area contributed by atoms with Crippen LogP contribution < -0.4 is 20.5 Å². The molecule has 0 heterocycles. The van der Waals surface area contributed by atoms with E-state index in [1.165, 1.54) is 14.2 Å². The van der Waals surface area contributed by atoms with Crippen molar-refractivity contribution < 1.29 is 19.4 Å². The molecule has 1 unspecified atom stereocenters. The standard InChI is InChI=1S/C15H24N2O4/c1-9(2)5-10(8-18)17-15(19)12-6-11(20-3)7-13(21-4)14(12)16/h6-7,9-10,18H,5,8,16H2,1-4H3,(H,17,19). The largest absolute Gasteiger partial charge is 0.497 e. The Bertz CT molecular complexity index is 489. The highest BCUT2D eigenvalue weighted by atomic mass is 16.5. The van der Waals surface area contributed by atoms with Crippen LogP contribution in [-0.4, -0.2) is 37.9 Å². The van der Waals surface area contributed by atoms with Gasteiger partial charge in [-0.3, -0.25) is 4.79 Å². The van der Waals surface area contributed by atoms with Gasteiger partial charge < -0.3 is 25.6 Å². The summed E-state index contributed by atoms with van der Waals surface area (Å²) in [6.07, 6.45) is 0.684. The number of benzene rings is 1. The Morgan fingerprint density at radius 2 is 2.00 bits per heavy atom. The Morgan fingerprint density at radius 3 is 2.48 bits per heavy atom. The van der Waals surface area contributed by atoms with Gasteiger partial charge in [0.15, 0.2) is 0 Å². The van der Waals surface area contributed by atoms with Gasteiger partial charge in [-0.05, 0) is 18.4 Å². The van der Waals surface area contributed by atoms with Gasteiger partial charge in [0.25, 0.3) is 5.91 Å². The predicted molar refractivity (Wildman–Crippen MR) is 81.8 cm³/mol. The highest BCUT2D eigenvalue weighted by Crippen LogP contribution is 2.31. The minimum atomic E-state index is -0.357. The summed E-state index contributed by atoms with van der Waals surface area (Å²) in [5, 5.41) is 12.1. The first-order valence-electron chi connectivity index (χ1n) is 6.86. The van der Waals surface area contributed by atoms with Crippen molar-refractivity contribution in [2.45, 2.75) is 26.3 Å². The molecule has 6 heteroatoms. The smallest absolute Gasteiger partial charge is 0.253 e. The highest BCUT2D eigenvalue weighted by molar-refractivity contribution is 6.01. The molecule has 0 spiro atoms. The van der Waals surface area contributed by atoms with E-state index in [1.807, 2.05) is 13.8 Å². The monoisotopic (exact) mass is 296 g/mol. The third kappa shape index (κ3) is 4.53. The number of hydrogen-bond donors (Lipinski definition) is 3. The molecule has 0 saturated heterocycles. The van der Waals surface area contributed by atoms with Gasteiger partial charge in [-0.2, -0.15) is 0 Å². The zero-order valence-electron chi connectivity index (χ0n) is 13.0. The normalized spacial score (nSPS) is 12.1. The van der Waals surface area contributed by atoms with Gasteiger partial charge in [0.2, 0.25) is 0 Å². The summed E-state index contributed by atoms with van der Waals surface area (Å²) in [5.74, 6) is 0.864. The van der Waals surface area contributed by atoms with Gasteiger partial charge in [-0.1, -0.05) is 13.8 Å².